The van der Waals surface area contributed by atoms with Crippen molar-refractivity contribution in [1.29, 1.82) is 0 Å². The lowest BCUT2D eigenvalue weighted by Gasteiger charge is -2.11. The van der Waals surface area contributed by atoms with Gasteiger partial charge >= 0.3 is 5.97 Å². The largest absolute Gasteiger partial charge is 0.478 e. The van der Waals surface area contributed by atoms with E-state index in [9.17, 15) is 9.90 Å². The van der Waals surface area contributed by atoms with E-state index < -0.39 is 5.97 Å². The average Bonchev–Trinajstić information content (AvgIpc) is 3.22. The van der Waals surface area contributed by atoms with Gasteiger partial charge in [-0.15, -0.1) is 0 Å². The van der Waals surface area contributed by atoms with Crippen LogP contribution in [0.3, 0.4) is 0 Å². The summed E-state index contributed by atoms with van der Waals surface area (Å²) >= 11 is 3.46. The molecular formula is C16H14BrNO2. The van der Waals surface area contributed by atoms with Gasteiger partial charge in [0.25, 0.3) is 0 Å². The molecule has 0 aliphatic heterocycles. The third-order valence-electron chi connectivity index (χ3n) is 3.54. The normalized spacial score (nSPS) is 14.3. The molecule has 20 heavy (non-hydrogen) atoms. The van der Waals surface area contributed by atoms with E-state index in [1.54, 1.807) is 6.07 Å². The Morgan fingerprint density at radius 3 is 2.70 bits per heavy atom. The number of hydrogen-bond donors (Lipinski definition) is 1. The van der Waals surface area contributed by atoms with Gasteiger partial charge in [-0.25, -0.2) is 4.79 Å². The van der Waals surface area contributed by atoms with Crippen LogP contribution in [0.15, 0.2) is 34.8 Å². The van der Waals surface area contributed by atoms with E-state index in [0.29, 0.717) is 11.5 Å². The molecule has 1 N–H and O–H groups in total. The van der Waals surface area contributed by atoms with Crippen LogP contribution < -0.4 is 0 Å². The fraction of sp³-hybridized carbons (Fsp3) is 0.250. The van der Waals surface area contributed by atoms with Gasteiger partial charge in [0.2, 0.25) is 0 Å². The van der Waals surface area contributed by atoms with Gasteiger partial charge in [0, 0.05) is 16.0 Å². The van der Waals surface area contributed by atoms with Crippen molar-refractivity contribution in [2.45, 2.75) is 25.7 Å². The van der Waals surface area contributed by atoms with Gasteiger partial charge in [0.05, 0.1) is 17.0 Å². The molecule has 1 aromatic carbocycles. The molecule has 1 aromatic heterocycles. The summed E-state index contributed by atoms with van der Waals surface area (Å²) in [4.78, 5) is 16.0. The molecule has 0 spiro atoms. The molecule has 1 saturated carbocycles. The minimum atomic E-state index is -0.886. The molecule has 0 amide bonds. The monoisotopic (exact) mass is 331 g/mol. The number of nitrogens with zero attached hydrogens (tertiary/aromatic N) is 1. The zero-order valence-corrected chi connectivity index (χ0v) is 12.6. The van der Waals surface area contributed by atoms with E-state index in [4.69, 9.17) is 0 Å². The van der Waals surface area contributed by atoms with Crippen LogP contribution in [-0.2, 0) is 0 Å². The van der Waals surface area contributed by atoms with E-state index in [0.717, 1.165) is 39.8 Å². The second-order valence-corrected chi connectivity index (χ2v) is 6.09. The van der Waals surface area contributed by atoms with Crippen LogP contribution in [0, 0.1) is 6.92 Å². The lowest BCUT2D eigenvalue weighted by atomic mass is 10.0. The van der Waals surface area contributed by atoms with Crippen molar-refractivity contribution in [2.24, 2.45) is 0 Å². The van der Waals surface area contributed by atoms with E-state index in [1.807, 2.05) is 31.2 Å². The Morgan fingerprint density at radius 1 is 1.35 bits per heavy atom. The zero-order valence-electron chi connectivity index (χ0n) is 11.1. The summed E-state index contributed by atoms with van der Waals surface area (Å²) in [6.07, 6.45) is 2.07. The van der Waals surface area contributed by atoms with Crippen LogP contribution in [0.25, 0.3) is 11.3 Å². The number of aromatic nitrogens is 1. The molecule has 1 aliphatic carbocycles. The Morgan fingerprint density at radius 2 is 2.10 bits per heavy atom. The van der Waals surface area contributed by atoms with Crippen molar-refractivity contribution < 1.29 is 9.90 Å². The molecule has 0 bridgehead atoms. The lowest BCUT2D eigenvalue weighted by molar-refractivity contribution is 0.0695. The van der Waals surface area contributed by atoms with E-state index in [1.165, 1.54) is 0 Å². The first-order valence-corrected chi connectivity index (χ1v) is 7.36. The zero-order chi connectivity index (χ0) is 14.3. The topological polar surface area (TPSA) is 50.2 Å². The van der Waals surface area contributed by atoms with Gasteiger partial charge in [-0.1, -0.05) is 28.1 Å². The molecule has 102 valence electrons. The van der Waals surface area contributed by atoms with Gasteiger partial charge in [-0.2, -0.15) is 0 Å². The fourth-order valence-electron chi connectivity index (χ4n) is 2.39. The van der Waals surface area contributed by atoms with Crippen LogP contribution in [0.1, 0.15) is 40.4 Å². The number of carboxylic acid groups (broad SMARTS) is 1. The highest BCUT2D eigenvalue weighted by molar-refractivity contribution is 9.10. The van der Waals surface area contributed by atoms with Crippen molar-refractivity contribution in [3.8, 4) is 11.3 Å². The van der Waals surface area contributed by atoms with Crippen LogP contribution in [-0.4, -0.2) is 16.1 Å². The summed E-state index contributed by atoms with van der Waals surface area (Å²) in [5.41, 5.74) is 3.86. The molecular weight excluding hydrogens is 318 g/mol. The van der Waals surface area contributed by atoms with Gasteiger partial charge in [-0.05, 0) is 43.5 Å². The number of aromatic carboxylic acids is 1. The Kier molecular flexibility index (Phi) is 3.34. The lowest BCUT2D eigenvalue weighted by Crippen LogP contribution is -2.06. The summed E-state index contributed by atoms with van der Waals surface area (Å²) in [7, 11) is 0. The number of carbonyl (C=O) groups is 1. The summed E-state index contributed by atoms with van der Waals surface area (Å²) < 4.78 is 0.992. The van der Waals surface area contributed by atoms with Crippen molar-refractivity contribution in [1.82, 2.24) is 4.98 Å². The quantitative estimate of drug-likeness (QED) is 0.907. The summed E-state index contributed by atoms with van der Waals surface area (Å²) in [5.74, 6) is -0.573. The summed E-state index contributed by atoms with van der Waals surface area (Å²) in [6, 6.07) is 9.68. The molecule has 1 heterocycles. The van der Waals surface area contributed by atoms with Gasteiger partial charge < -0.3 is 5.11 Å². The Hall–Kier alpha value is -1.68. The molecule has 3 nitrogen and oxygen atoms in total. The molecule has 0 radical (unpaired) electrons. The summed E-state index contributed by atoms with van der Waals surface area (Å²) in [6.45, 7) is 1.91. The highest BCUT2D eigenvalue weighted by Crippen LogP contribution is 2.42. The van der Waals surface area contributed by atoms with Crippen LogP contribution >= 0.6 is 15.9 Å². The second kappa shape index (κ2) is 5.02. The predicted molar refractivity (Wildman–Crippen MR) is 81.0 cm³/mol. The standard InChI is InChI=1S/C16H14BrNO2/c1-9-7-13(16(19)20)15(10-5-6-10)18-14(9)11-3-2-4-12(17)8-11/h2-4,7-8,10H,5-6H2,1H3,(H,19,20). The smallest absolute Gasteiger partial charge is 0.337 e. The number of halogens is 1. The van der Waals surface area contributed by atoms with Crippen molar-refractivity contribution in [3.63, 3.8) is 0 Å². The van der Waals surface area contributed by atoms with Crippen molar-refractivity contribution >= 4 is 21.9 Å². The van der Waals surface area contributed by atoms with Gasteiger partial charge in [0.1, 0.15) is 0 Å². The van der Waals surface area contributed by atoms with Crippen molar-refractivity contribution in [2.75, 3.05) is 0 Å². The molecule has 0 atom stereocenters. The second-order valence-electron chi connectivity index (χ2n) is 5.18. The molecule has 1 fully saturated rings. The number of hydrogen-bond acceptors (Lipinski definition) is 2. The fourth-order valence-corrected chi connectivity index (χ4v) is 2.79. The van der Waals surface area contributed by atoms with Crippen molar-refractivity contribution in [3.05, 3.63) is 51.6 Å². The molecule has 3 rings (SSSR count). The van der Waals surface area contributed by atoms with E-state index in [-0.39, 0.29) is 0 Å². The maximum Gasteiger partial charge on any atom is 0.337 e. The number of rotatable bonds is 3. The predicted octanol–water partition coefficient (Wildman–Crippen LogP) is 4.40. The maximum atomic E-state index is 11.4. The highest BCUT2D eigenvalue weighted by atomic mass is 79.9. The third-order valence-corrected chi connectivity index (χ3v) is 4.03. The SMILES string of the molecule is Cc1cc(C(=O)O)c(C2CC2)nc1-c1cccc(Br)c1. The number of pyridine rings is 1. The molecule has 2 aromatic rings. The van der Waals surface area contributed by atoms with Gasteiger partial charge in [-0.3, -0.25) is 4.98 Å². The van der Waals surface area contributed by atoms with E-state index >= 15 is 0 Å². The first-order chi connectivity index (χ1) is 9.56. The first-order valence-electron chi connectivity index (χ1n) is 6.57. The number of carboxylic acids is 1. The summed E-state index contributed by atoms with van der Waals surface area (Å²) in [5, 5.41) is 9.32. The molecule has 0 saturated heterocycles. The highest BCUT2D eigenvalue weighted by Gasteiger charge is 2.30. The Labute approximate surface area is 125 Å². The number of benzene rings is 1. The Bertz CT molecular complexity index is 693. The minimum Gasteiger partial charge on any atom is -0.478 e. The average molecular weight is 332 g/mol. The molecule has 0 unspecified atom stereocenters. The van der Waals surface area contributed by atoms with Crippen LogP contribution in [0.2, 0.25) is 0 Å². The van der Waals surface area contributed by atoms with E-state index in [2.05, 4.69) is 20.9 Å². The van der Waals surface area contributed by atoms with Gasteiger partial charge in [0.15, 0.2) is 0 Å². The maximum absolute atomic E-state index is 11.4. The van der Waals surface area contributed by atoms with Crippen LogP contribution in [0.4, 0.5) is 0 Å². The third kappa shape index (κ3) is 2.48. The molecule has 4 heteroatoms. The number of aryl methyl sites for hydroxylation is 1. The molecule has 1 aliphatic rings. The minimum absolute atomic E-state index is 0.313. The van der Waals surface area contributed by atoms with Crippen LogP contribution in [0.5, 0.6) is 0 Å². The Balaban J connectivity index is 2.17. The first kappa shape index (κ1) is 13.3.